The summed E-state index contributed by atoms with van der Waals surface area (Å²) in [6.45, 7) is -0.241. The normalized spacial score (nSPS) is 9.58. The van der Waals surface area contributed by atoms with E-state index in [1.54, 1.807) is 13.1 Å². The van der Waals surface area contributed by atoms with E-state index in [4.69, 9.17) is 5.11 Å². The van der Waals surface area contributed by atoms with Gasteiger partial charge in [0.2, 0.25) is 5.95 Å². The summed E-state index contributed by atoms with van der Waals surface area (Å²) >= 11 is 0. The molecule has 2 aromatic rings. The fourth-order valence-electron chi connectivity index (χ4n) is 1.36. The maximum Gasteiger partial charge on any atom is 0.259 e. The Labute approximate surface area is 109 Å². The third kappa shape index (κ3) is 3.14. The summed E-state index contributed by atoms with van der Waals surface area (Å²) in [5, 5.41) is 15.1. The van der Waals surface area contributed by atoms with E-state index < -0.39 is 0 Å². The number of pyridine rings is 1. The molecule has 7 nitrogen and oxygen atoms in total. The first-order valence-corrected chi connectivity index (χ1v) is 5.41. The van der Waals surface area contributed by atoms with Crippen LogP contribution in [-0.2, 0) is 7.05 Å². The molecule has 0 aliphatic rings. The minimum Gasteiger partial charge on any atom is -0.384 e. The number of aryl methyl sites for hydroxylation is 1. The number of nitrogens with one attached hydrogen (secondary N) is 1. The molecule has 0 spiro atoms. The van der Waals surface area contributed by atoms with Gasteiger partial charge in [-0.05, 0) is 6.07 Å². The molecule has 0 aromatic carbocycles. The Morgan fingerprint density at radius 2 is 2.37 bits per heavy atom. The first-order chi connectivity index (χ1) is 9.20. The quantitative estimate of drug-likeness (QED) is 0.727. The van der Waals surface area contributed by atoms with Crippen LogP contribution in [0.2, 0.25) is 0 Å². The Kier molecular flexibility index (Phi) is 3.85. The molecule has 19 heavy (non-hydrogen) atoms. The van der Waals surface area contributed by atoms with E-state index in [9.17, 15) is 4.79 Å². The lowest BCUT2D eigenvalue weighted by Crippen LogP contribution is -2.15. The number of rotatable bonds is 2. The number of aromatic nitrogens is 4. The molecule has 0 saturated heterocycles. The highest BCUT2D eigenvalue weighted by atomic mass is 16.2. The lowest BCUT2D eigenvalue weighted by atomic mass is 10.2. The number of hydrogen-bond acceptors (Lipinski definition) is 5. The molecule has 1 amide bonds. The lowest BCUT2D eigenvalue weighted by molar-refractivity contribution is 0.102. The van der Waals surface area contributed by atoms with E-state index in [-0.39, 0.29) is 12.5 Å². The largest absolute Gasteiger partial charge is 0.384 e. The van der Waals surface area contributed by atoms with Gasteiger partial charge in [-0.1, -0.05) is 11.8 Å². The first kappa shape index (κ1) is 12.7. The summed E-state index contributed by atoms with van der Waals surface area (Å²) in [5.41, 5.74) is 0.910. The van der Waals surface area contributed by atoms with E-state index in [0.29, 0.717) is 17.1 Å². The molecule has 2 rings (SSSR count). The molecule has 96 valence electrons. The van der Waals surface area contributed by atoms with Crippen molar-refractivity contribution in [2.45, 2.75) is 0 Å². The molecular formula is C12H11N5O2. The molecule has 0 aliphatic heterocycles. The lowest BCUT2D eigenvalue weighted by Gasteiger charge is -2.03. The summed E-state index contributed by atoms with van der Waals surface area (Å²) in [7, 11) is 1.67. The molecule has 0 fully saturated rings. The highest BCUT2D eigenvalue weighted by Gasteiger charge is 2.09. The second-order valence-electron chi connectivity index (χ2n) is 3.58. The van der Waals surface area contributed by atoms with E-state index in [1.165, 1.54) is 23.4 Å². The van der Waals surface area contributed by atoms with Crippen LogP contribution >= 0.6 is 0 Å². The van der Waals surface area contributed by atoms with Crippen molar-refractivity contribution in [1.82, 2.24) is 19.7 Å². The predicted octanol–water partition coefficient (Wildman–Crippen LogP) is -0.194. The second kappa shape index (κ2) is 5.75. The number of carbonyl (C=O) groups excluding carboxylic acids is 1. The highest BCUT2D eigenvalue weighted by molar-refractivity contribution is 6.03. The number of aliphatic hydroxyl groups excluding tert-OH is 1. The zero-order valence-electron chi connectivity index (χ0n) is 10.2. The van der Waals surface area contributed by atoms with Crippen LogP contribution in [0.3, 0.4) is 0 Å². The number of nitrogens with zero attached hydrogens (tertiary/aromatic N) is 4. The van der Waals surface area contributed by atoms with Crippen LogP contribution in [0.1, 0.15) is 15.9 Å². The SMILES string of the molecule is Cn1ncnc1NC(=O)c1cncc(C#CCO)c1. The molecule has 2 N–H and O–H groups in total. The van der Waals surface area contributed by atoms with Crippen molar-refractivity contribution in [3.8, 4) is 11.8 Å². The maximum atomic E-state index is 12.0. The van der Waals surface area contributed by atoms with Crippen LogP contribution in [0.5, 0.6) is 0 Å². The topological polar surface area (TPSA) is 92.9 Å². The van der Waals surface area contributed by atoms with Crippen LogP contribution in [0.25, 0.3) is 0 Å². The number of amides is 1. The first-order valence-electron chi connectivity index (χ1n) is 5.41. The zero-order chi connectivity index (χ0) is 13.7. The number of anilines is 1. The highest BCUT2D eigenvalue weighted by Crippen LogP contribution is 2.05. The molecule has 2 heterocycles. The average Bonchev–Trinajstić information content (AvgIpc) is 2.82. The van der Waals surface area contributed by atoms with Gasteiger partial charge in [0, 0.05) is 25.0 Å². The Morgan fingerprint density at radius 3 is 3.05 bits per heavy atom. The van der Waals surface area contributed by atoms with Crippen molar-refractivity contribution in [3.05, 3.63) is 35.9 Å². The number of carbonyl (C=O) groups is 1. The third-order valence-electron chi connectivity index (χ3n) is 2.25. The van der Waals surface area contributed by atoms with Crippen LogP contribution in [0.15, 0.2) is 24.8 Å². The van der Waals surface area contributed by atoms with Gasteiger partial charge in [0.25, 0.3) is 5.91 Å². The Balaban J connectivity index is 2.17. The van der Waals surface area contributed by atoms with E-state index >= 15 is 0 Å². The Bertz CT molecular complexity index is 653. The van der Waals surface area contributed by atoms with Crippen molar-refractivity contribution in [2.75, 3.05) is 11.9 Å². The summed E-state index contributed by atoms with van der Waals surface area (Å²) in [6, 6.07) is 1.58. The van der Waals surface area contributed by atoms with Gasteiger partial charge in [0.15, 0.2) is 0 Å². The summed E-state index contributed by atoms with van der Waals surface area (Å²) in [6.07, 6.45) is 4.29. The van der Waals surface area contributed by atoms with Crippen molar-refractivity contribution < 1.29 is 9.90 Å². The van der Waals surface area contributed by atoms with Crippen molar-refractivity contribution in [3.63, 3.8) is 0 Å². The Hall–Kier alpha value is -2.72. The summed E-state index contributed by atoms with van der Waals surface area (Å²) in [4.78, 5) is 19.8. The molecule has 7 heteroatoms. The van der Waals surface area contributed by atoms with Crippen molar-refractivity contribution >= 4 is 11.9 Å². The number of hydrogen-bond donors (Lipinski definition) is 2. The number of aliphatic hydroxyl groups is 1. The molecule has 2 aromatic heterocycles. The third-order valence-corrected chi connectivity index (χ3v) is 2.25. The van der Waals surface area contributed by atoms with Crippen LogP contribution in [0, 0.1) is 11.8 Å². The van der Waals surface area contributed by atoms with E-state index in [1.807, 2.05) is 0 Å². The van der Waals surface area contributed by atoms with Crippen LogP contribution < -0.4 is 5.32 Å². The van der Waals surface area contributed by atoms with Gasteiger partial charge >= 0.3 is 0 Å². The van der Waals surface area contributed by atoms with Gasteiger partial charge in [0.05, 0.1) is 5.56 Å². The Morgan fingerprint density at radius 1 is 1.53 bits per heavy atom. The van der Waals surface area contributed by atoms with Gasteiger partial charge < -0.3 is 5.11 Å². The fourth-order valence-corrected chi connectivity index (χ4v) is 1.36. The minimum absolute atomic E-state index is 0.241. The monoisotopic (exact) mass is 257 g/mol. The van der Waals surface area contributed by atoms with Crippen molar-refractivity contribution in [2.24, 2.45) is 7.05 Å². The van der Waals surface area contributed by atoms with Gasteiger partial charge in [0.1, 0.15) is 12.9 Å². The molecule has 0 aliphatic carbocycles. The van der Waals surface area contributed by atoms with Crippen LogP contribution in [0.4, 0.5) is 5.95 Å². The molecule has 0 bridgehead atoms. The van der Waals surface area contributed by atoms with Gasteiger partial charge in [-0.3, -0.25) is 15.1 Å². The molecule has 0 atom stereocenters. The van der Waals surface area contributed by atoms with Gasteiger partial charge in [-0.2, -0.15) is 10.1 Å². The van der Waals surface area contributed by atoms with E-state index in [2.05, 4.69) is 32.2 Å². The molecule has 0 radical (unpaired) electrons. The zero-order valence-corrected chi connectivity index (χ0v) is 10.2. The van der Waals surface area contributed by atoms with Crippen molar-refractivity contribution in [1.29, 1.82) is 0 Å². The smallest absolute Gasteiger partial charge is 0.259 e. The van der Waals surface area contributed by atoms with Gasteiger partial charge in [-0.25, -0.2) is 4.68 Å². The van der Waals surface area contributed by atoms with Crippen LogP contribution in [-0.4, -0.2) is 37.4 Å². The molecular weight excluding hydrogens is 246 g/mol. The molecule has 0 saturated carbocycles. The standard InChI is InChI=1S/C12H11N5O2/c1-17-12(14-8-15-17)16-11(19)10-5-9(3-2-4-18)6-13-7-10/h5-8,18H,4H2,1H3,(H,14,15,16,19). The summed E-state index contributed by atoms with van der Waals surface area (Å²) < 4.78 is 1.45. The average molecular weight is 257 g/mol. The summed E-state index contributed by atoms with van der Waals surface area (Å²) in [5.74, 6) is 5.17. The van der Waals surface area contributed by atoms with E-state index in [0.717, 1.165) is 0 Å². The predicted molar refractivity (Wildman–Crippen MR) is 67.2 cm³/mol. The second-order valence-corrected chi connectivity index (χ2v) is 3.58. The molecule has 0 unspecified atom stereocenters. The maximum absolute atomic E-state index is 12.0. The van der Waals surface area contributed by atoms with Gasteiger partial charge in [-0.15, -0.1) is 0 Å². The minimum atomic E-state index is -0.351. The fraction of sp³-hybridized carbons (Fsp3) is 0.167.